The topological polar surface area (TPSA) is 65.1 Å². The largest absolute Gasteiger partial charge is 0.493 e. The van der Waals surface area contributed by atoms with Crippen molar-refractivity contribution in [2.75, 3.05) is 33.9 Å². The van der Waals surface area contributed by atoms with E-state index in [9.17, 15) is 9.59 Å². The molecule has 1 saturated heterocycles. The van der Waals surface area contributed by atoms with Crippen molar-refractivity contribution in [2.45, 2.75) is 12.8 Å². The third-order valence-electron chi connectivity index (χ3n) is 3.42. The Kier molecular flexibility index (Phi) is 5.03. The Morgan fingerprint density at radius 1 is 1.19 bits per heavy atom. The normalized spacial score (nSPS) is 13.9. The summed E-state index contributed by atoms with van der Waals surface area (Å²) in [7, 11) is 2.94. The Morgan fingerprint density at radius 3 is 2.24 bits per heavy atom. The van der Waals surface area contributed by atoms with Crippen LogP contribution in [0.1, 0.15) is 23.2 Å². The molecule has 0 radical (unpaired) electrons. The molecule has 1 aliphatic rings. The molecular weight excluding hydrogens is 274 g/mol. The van der Waals surface area contributed by atoms with E-state index >= 15 is 0 Å². The number of hydrogen-bond donors (Lipinski definition) is 0. The lowest BCUT2D eigenvalue weighted by Crippen LogP contribution is -2.32. The SMILES string of the molecule is COc1cc(C=O)cc(OC)c1OCC(=O)N1CCCC1. The van der Waals surface area contributed by atoms with E-state index in [-0.39, 0.29) is 12.5 Å². The van der Waals surface area contributed by atoms with Crippen molar-refractivity contribution in [1.82, 2.24) is 4.90 Å². The summed E-state index contributed by atoms with van der Waals surface area (Å²) in [4.78, 5) is 24.7. The number of carbonyl (C=O) groups excluding carboxylic acids is 2. The maximum Gasteiger partial charge on any atom is 0.260 e. The van der Waals surface area contributed by atoms with Crippen molar-refractivity contribution in [3.8, 4) is 17.2 Å². The molecule has 114 valence electrons. The van der Waals surface area contributed by atoms with E-state index < -0.39 is 0 Å². The van der Waals surface area contributed by atoms with E-state index in [2.05, 4.69) is 0 Å². The van der Waals surface area contributed by atoms with Crippen molar-refractivity contribution >= 4 is 12.2 Å². The predicted octanol–water partition coefficient (Wildman–Crippen LogP) is 1.52. The molecule has 0 bridgehead atoms. The molecule has 0 atom stereocenters. The van der Waals surface area contributed by atoms with Crippen LogP contribution in [0.5, 0.6) is 17.2 Å². The number of rotatable bonds is 6. The zero-order valence-corrected chi connectivity index (χ0v) is 12.3. The van der Waals surface area contributed by atoms with Crippen LogP contribution in [0.25, 0.3) is 0 Å². The van der Waals surface area contributed by atoms with Gasteiger partial charge >= 0.3 is 0 Å². The highest BCUT2D eigenvalue weighted by atomic mass is 16.5. The third-order valence-corrected chi connectivity index (χ3v) is 3.42. The Hall–Kier alpha value is -2.24. The van der Waals surface area contributed by atoms with Gasteiger partial charge < -0.3 is 19.1 Å². The van der Waals surface area contributed by atoms with Gasteiger partial charge in [0.15, 0.2) is 18.1 Å². The zero-order valence-electron chi connectivity index (χ0n) is 12.3. The van der Waals surface area contributed by atoms with E-state index in [0.717, 1.165) is 25.9 Å². The minimum atomic E-state index is -0.0762. The summed E-state index contributed by atoms with van der Waals surface area (Å²) in [5.41, 5.74) is 0.418. The van der Waals surface area contributed by atoms with Crippen LogP contribution in [0, 0.1) is 0 Å². The lowest BCUT2D eigenvalue weighted by molar-refractivity contribution is -0.132. The second kappa shape index (κ2) is 6.97. The first-order chi connectivity index (χ1) is 10.2. The molecule has 6 heteroatoms. The van der Waals surface area contributed by atoms with Crippen LogP contribution in [0.3, 0.4) is 0 Å². The highest BCUT2D eigenvalue weighted by Gasteiger charge is 2.20. The van der Waals surface area contributed by atoms with Gasteiger partial charge in [-0.05, 0) is 25.0 Å². The van der Waals surface area contributed by atoms with Gasteiger partial charge in [0.05, 0.1) is 14.2 Å². The van der Waals surface area contributed by atoms with Crippen LogP contribution < -0.4 is 14.2 Å². The first kappa shape index (κ1) is 15.2. The number of carbonyl (C=O) groups is 2. The summed E-state index contributed by atoms with van der Waals surface area (Å²) in [6.45, 7) is 1.48. The van der Waals surface area contributed by atoms with Crippen molar-refractivity contribution in [1.29, 1.82) is 0 Å². The molecule has 0 saturated carbocycles. The quantitative estimate of drug-likeness (QED) is 0.744. The Balaban J connectivity index is 2.14. The van der Waals surface area contributed by atoms with Crippen LogP contribution in [0.15, 0.2) is 12.1 Å². The summed E-state index contributed by atoms with van der Waals surface area (Å²) >= 11 is 0. The lowest BCUT2D eigenvalue weighted by Gasteiger charge is -2.18. The fraction of sp³-hybridized carbons (Fsp3) is 0.467. The van der Waals surface area contributed by atoms with Gasteiger partial charge in [0.2, 0.25) is 5.75 Å². The summed E-state index contributed by atoms with van der Waals surface area (Å²) < 4.78 is 16.0. The molecule has 1 aromatic rings. The van der Waals surface area contributed by atoms with Gasteiger partial charge in [0.25, 0.3) is 5.91 Å². The zero-order chi connectivity index (χ0) is 15.2. The number of aldehydes is 1. The summed E-state index contributed by atoms with van der Waals surface area (Å²) in [6, 6.07) is 3.09. The fourth-order valence-corrected chi connectivity index (χ4v) is 2.30. The van der Waals surface area contributed by atoms with Crippen LogP contribution in [0.2, 0.25) is 0 Å². The van der Waals surface area contributed by atoms with Crippen LogP contribution in [-0.2, 0) is 4.79 Å². The molecular formula is C15H19NO5. The molecule has 1 heterocycles. The molecule has 2 rings (SSSR count). The number of amides is 1. The second-order valence-electron chi connectivity index (χ2n) is 4.75. The summed E-state index contributed by atoms with van der Waals surface area (Å²) in [6.07, 6.45) is 2.77. The molecule has 1 amide bonds. The number of ether oxygens (including phenoxy) is 3. The standard InChI is InChI=1S/C15H19NO5/c1-19-12-7-11(9-17)8-13(20-2)15(12)21-10-14(18)16-5-3-4-6-16/h7-9H,3-6,10H2,1-2H3. The van der Waals surface area contributed by atoms with Gasteiger partial charge in [0, 0.05) is 18.7 Å². The number of methoxy groups -OCH3 is 2. The Labute approximate surface area is 123 Å². The van der Waals surface area contributed by atoms with Gasteiger partial charge in [-0.25, -0.2) is 0 Å². The van der Waals surface area contributed by atoms with Gasteiger partial charge in [-0.15, -0.1) is 0 Å². The molecule has 0 aliphatic carbocycles. The average molecular weight is 293 g/mol. The summed E-state index contributed by atoms with van der Waals surface area (Å²) in [5.74, 6) is 1.01. The van der Waals surface area contributed by atoms with E-state index in [4.69, 9.17) is 14.2 Å². The van der Waals surface area contributed by atoms with Crippen molar-refractivity contribution < 1.29 is 23.8 Å². The van der Waals surface area contributed by atoms with Crippen molar-refractivity contribution in [2.24, 2.45) is 0 Å². The number of hydrogen-bond acceptors (Lipinski definition) is 5. The molecule has 21 heavy (non-hydrogen) atoms. The third kappa shape index (κ3) is 3.45. The average Bonchev–Trinajstić information content (AvgIpc) is 3.06. The number of nitrogens with zero attached hydrogens (tertiary/aromatic N) is 1. The van der Waals surface area contributed by atoms with E-state index in [1.54, 1.807) is 17.0 Å². The maximum atomic E-state index is 12.0. The molecule has 1 aromatic carbocycles. The van der Waals surface area contributed by atoms with Crippen LogP contribution >= 0.6 is 0 Å². The molecule has 1 fully saturated rings. The highest BCUT2D eigenvalue weighted by molar-refractivity contribution is 5.80. The van der Waals surface area contributed by atoms with E-state index in [1.807, 2.05) is 0 Å². The minimum absolute atomic E-state index is 0.0592. The lowest BCUT2D eigenvalue weighted by atomic mass is 10.2. The highest BCUT2D eigenvalue weighted by Crippen LogP contribution is 2.38. The van der Waals surface area contributed by atoms with Gasteiger partial charge in [-0.3, -0.25) is 9.59 Å². The van der Waals surface area contributed by atoms with Crippen LogP contribution in [-0.4, -0.2) is 51.0 Å². The van der Waals surface area contributed by atoms with Crippen molar-refractivity contribution in [3.05, 3.63) is 17.7 Å². The molecule has 0 spiro atoms. The van der Waals surface area contributed by atoms with E-state index in [1.165, 1.54) is 14.2 Å². The van der Waals surface area contributed by atoms with E-state index in [0.29, 0.717) is 29.1 Å². The van der Waals surface area contributed by atoms with Gasteiger partial charge in [-0.1, -0.05) is 0 Å². The molecule has 0 unspecified atom stereocenters. The molecule has 0 aromatic heterocycles. The van der Waals surface area contributed by atoms with Gasteiger partial charge in [-0.2, -0.15) is 0 Å². The first-order valence-electron chi connectivity index (χ1n) is 6.81. The summed E-state index contributed by atoms with van der Waals surface area (Å²) in [5, 5.41) is 0. The molecule has 1 aliphatic heterocycles. The molecule has 6 nitrogen and oxygen atoms in total. The molecule has 0 N–H and O–H groups in total. The monoisotopic (exact) mass is 293 g/mol. The first-order valence-corrected chi connectivity index (χ1v) is 6.81. The fourth-order valence-electron chi connectivity index (χ4n) is 2.30. The smallest absolute Gasteiger partial charge is 0.260 e. The van der Waals surface area contributed by atoms with Crippen molar-refractivity contribution in [3.63, 3.8) is 0 Å². The van der Waals surface area contributed by atoms with Gasteiger partial charge in [0.1, 0.15) is 6.29 Å². The Bertz CT molecular complexity index is 498. The minimum Gasteiger partial charge on any atom is -0.493 e. The number of benzene rings is 1. The van der Waals surface area contributed by atoms with Crippen LogP contribution in [0.4, 0.5) is 0 Å². The predicted molar refractivity (Wildman–Crippen MR) is 76.2 cm³/mol. The Morgan fingerprint density at radius 2 is 1.76 bits per heavy atom. The maximum absolute atomic E-state index is 12.0. The second-order valence-corrected chi connectivity index (χ2v) is 4.75. The number of likely N-dealkylation sites (tertiary alicyclic amines) is 1.